The fourth-order valence-corrected chi connectivity index (χ4v) is 2.18. The molecule has 2 rings (SSSR count). The van der Waals surface area contributed by atoms with Gasteiger partial charge in [0.05, 0.1) is 6.10 Å². The maximum absolute atomic E-state index is 11.0. The van der Waals surface area contributed by atoms with Crippen LogP contribution in [0.5, 0.6) is 0 Å². The molecule has 2 heterocycles. The summed E-state index contributed by atoms with van der Waals surface area (Å²) in [7, 11) is 0. The van der Waals surface area contributed by atoms with Crippen LogP contribution in [-0.2, 0) is 14.3 Å². The maximum atomic E-state index is 11.0. The third kappa shape index (κ3) is 1.48. The number of likely N-dealkylation sites (tertiary alicyclic amines) is 1. The summed E-state index contributed by atoms with van der Waals surface area (Å²) in [5, 5.41) is 8.74. The number of rotatable bonds is 1. The van der Waals surface area contributed by atoms with Gasteiger partial charge >= 0.3 is 5.97 Å². The van der Waals surface area contributed by atoms with Gasteiger partial charge in [0.1, 0.15) is 0 Å². The summed E-state index contributed by atoms with van der Waals surface area (Å²) < 4.78 is 5.33. The molecule has 0 aliphatic carbocycles. The first-order valence-corrected chi connectivity index (χ1v) is 4.71. The zero-order chi connectivity index (χ0) is 10.3. The number of nitrogens with zero attached hydrogens (tertiary/aromatic N) is 1. The Morgan fingerprint density at radius 1 is 1.43 bits per heavy atom. The second-order valence-corrected chi connectivity index (χ2v) is 3.92. The van der Waals surface area contributed by atoms with Crippen molar-refractivity contribution in [2.45, 2.75) is 25.6 Å². The van der Waals surface area contributed by atoms with Crippen molar-refractivity contribution in [3.63, 3.8) is 0 Å². The molecule has 1 amide bonds. The highest BCUT2D eigenvalue weighted by Crippen LogP contribution is 2.32. The lowest BCUT2D eigenvalue weighted by molar-refractivity contribution is -0.149. The van der Waals surface area contributed by atoms with Crippen LogP contribution in [0.3, 0.4) is 0 Å². The standard InChI is InChI=1S/C9H13NO4/c1-5(11)10-3-6-2-7(9(12)13)14-8(6)4-10/h6-8H,2-4H2,1H3,(H,12,13). The molecule has 5 heteroatoms. The van der Waals surface area contributed by atoms with E-state index < -0.39 is 12.1 Å². The van der Waals surface area contributed by atoms with Gasteiger partial charge in [-0.15, -0.1) is 0 Å². The number of hydrogen-bond acceptors (Lipinski definition) is 3. The molecule has 2 saturated heterocycles. The van der Waals surface area contributed by atoms with Crippen molar-refractivity contribution in [3.05, 3.63) is 0 Å². The molecule has 0 saturated carbocycles. The zero-order valence-electron chi connectivity index (χ0n) is 7.97. The summed E-state index contributed by atoms with van der Waals surface area (Å²) >= 11 is 0. The van der Waals surface area contributed by atoms with E-state index in [9.17, 15) is 9.59 Å². The van der Waals surface area contributed by atoms with Crippen molar-refractivity contribution < 1.29 is 19.4 Å². The molecular weight excluding hydrogens is 186 g/mol. The largest absolute Gasteiger partial charge is 0.479 e. The average Bonchev–Trinajstić information content (AvgIpc) is 2.57. The number of fused-ring (bicyclic) bond motifs is 1. The molecule has 5 nitrogen and oxygen atoms in total. The van der Waals surface area contributed by atoms with Gasteiger partial charge in [-0.05, 0) is 6.42 Å². The molecule has 2 aliphatic heterocycles. The van der Waals surface area contributed by atoms with Gasteiger partial charge in [-0.1, -0.05) is 0 Å². The van der Waals surface area contributed by atoms with E-state index in [1.54, 1.807) is 4.90 Å². The van der Waals surface area contributed by atoms with Crippen LogP contribution in [0.1, 0.15) is 13.3 Å². The second kappa shape index (κ2) is 3.24. The second-order valence-electron chi connectivity index (χ2n) is 3.92. The third-order valence-corrected chi connectivity index (χ3v) is 2.96. The summed E-state index contributed by atoms with van der Waals surface area (Å²) in [4.78, 5) is 23.4. The Balaban J connectivity index is 1.96. The molecule has 3 unspecified atom stereocenters. The summed E-state index contributed by atoms with van der Waals surface area (Å²) in [6.07, 6.45) is -0.205. The monoisotopic (exact) mass is 199 g/mol. The highest BCUT2D eigenvalue weighted by molar-refractivity contribution is 5.74. The van der Waals surface area contributed by atoms with Gasteiger partial charge in [-0.3, -0.25) is 4.79 Å². The third-order valence-electron chi connectivity index (χ3n) is 2.96. The van der Waals surface area contributed by atoms with Crippen LogP contribution >= 0.6 is 0 Å². The number of hydrogen-bond donors (Lipinski definition) is 1. The summed E-state index contributed by atoms with van der Waals surface area (Å²) in [5.74, 6) is -0.649. The molecule has 0 bridgehead atoms. The van der Waals surface area contributed by atoms with E-state index in [0.717, 1.165) is 0 Å². The van der Waals surface area contributed by atoms with Crippen LogP contribution in [0, 0.1) is 5.92 Å². The van der Waals surface area contributed by atoms with E-state index >= 15 is 0 Å². The molecule has 0 aromatic carbocycles. The van der Waals surface area contributed by atoms with Crippen LogP contribution in [0.2, 0.25) is 0 Å². The summed E-state index contributed by atoms with van der Waals surface area (Å²) in [5.41, 5.74) is 0. The maximum Gasteiger partial charge on any atom is 0.332 e. The van der Waals surface area contributed by atoms with E-state index in [2.05, 4.69) is 0 Å². The smallest absolute Gasteiger partial charge is 0.332 e. The van der Waals surface area contributed by atoms with Crippen molar-refractivity contribution in [2.75, 3.05) is 13.1 Å². The minimum absolute atomic E-state index is 0.0369. The number of carboxylic acids is 1. The Hall–Kier alpha value is -1.10. The Labute approximate surface area is 81.6 Å². The molecule has 0 aromatic rings. The minimum atomic E-state index is -0.895. The average molecular weight is 199 g/mol. The van der Waals surface area contributed by atoms with Crippen LogP contribution < -0.4 is 0 Å². The van der Waals surface area contributed by atoms with Crippen LogP contribution in [-0.4, -0.2) is 47.2 Å². The number of ether oxygens (including phenoxy) is 1. The molecule has 0 aromatic heterocycles. The number of carboxylic acid groups (broad SMARTS) is 1. The van der Waals surface area contributed by atoms with E-state index in [4.69, 9.17) is 9.84 Å². The Bertz CT molecular complexity index is 238. The van der Waals surface area contributed by atoms with E-state index in [1.165, 1.54) is 6.92 Å². The predicted molar refractivity (Wildman–Crippen MR) is 46.7 cm³/mol. The fourth-order valence-electron chi connectivity index (χ4n) is 2.18. The molecule has 2 fully saturated rings. The highest BCUT2D eigenvalue weighted by atomic mass is 16.5. The van der Waals surface area contributed by atoms with E-state index in [0.29, 0.717) is 19.5 Å². The fraction of sp³-hybridized carbons (Fsp3) is 0.778. The van der Waals surface area contributed by atoms with Crippen LogP contribution in [0.25, 0.3) is 0 Å². The van der Waals surface area contributed by atoms with Gasteiger partial charge in [0.15, 0.2) is 6.10 Å². The van der Waals surface area contributed by atoms with Crippen molar-refractivity contribution >= 4 is 11.9 Å². The lowest BCUT2D eigenvalue weighted by Crippen LogP contribution is -2.30. The van der Waals surface area contributed by atoms with Crippen molar-refractivity contribution in [2.24, 2.45) is 5.92 Å². The molecular formula is C9H13NO4. The molecule has 3 atom stereocenters. The van der Waals surface area contributed by atoms with Gasteiger partial charge in [0.25, 0.3) is 0 Å². The number of carbonyl (C=O) groups excluding carboxylic acids is 1. The molecule has 1 N–H and O–H groups in total. The number of aliphatic carboxylic acids is 1. The SMILES string of the molecule is CC(=O)N1CC2CC(C(=O)O)OC2C1. The quantitative estimate of drug-likeness (QED) is 0.630. The zero-order valence-corrected chi connectivity index (χ0v) is 7.97. The predicted octanol–water partition coefficient (Wildman–Crippen LogP) is -0.293. The van der Waals surface area contributed by atoms with E-state index in [1.807, 2.05) is 0 Å². The van der Waals surface area contributed by atoms with Gasteiger partial charge < -0.3 is 14.7 Å². The minimum Gasteiger partial charge on any atom is -0.479 e. The molecule has 2 aliphatic rings. The Morgan fingerprint density at radius 2 is 2.14 bits per heavy atom. The molecule has 0 spiro atoms. The number of carbonyl (C=O) groups is 2. The first-order valence-electron chi connectivity index (χ1n) is 4.71. The van der Waals surface area contributed by atoms with E-state index in [-0.39, 0.29) is 17.9 Å². The van der Waals surface area contributed by atoms with Crippen molar-refractivity contribution in [1.29, 1.82) is 0 Å². The number of amides is 1. The summed E-state index contributed by atoms with van der Waals surface area (Å²) in [6, 6.07) is 0. The van der Waals surface area contributed by atoms with Crippen molar-refractivity contribution in [1.82, 2.24) is 4.90 Å². The lowest BCUT2D eigenvalue weighted by atomic mass is 10.0. The van der Waals surface area contributed by atoms with Crippen LogP contribution in [0.15, 0.2) is 0 Å². The Kier molecular flexibility index (Phi) is 2.19. The van der Waals surface area contributed by atoms with Gasteiger partial charge in [0.2, 0.25) is 5.91 Å². The normalized spacial score (nSPS) is 35.8. The van der Waals surface area contributed by atoms with Gasteiger partial charge in [-0.2, -0.15) is 0 Å². The first kappa shape index (κ1) is 9.45. The van der Waals surface area contributed by atoms with Gasteiger partial charge in [0, 0.05) is 25.9 Å². The molecule has 0 radical (unpaired) electrons. The summed E-state index contributed by atoms with van der Waals surface area (Å²) in [6.45, 7) is 2.71. The lowest BCUT2D eigenvalue weighted by Gasteiger charge is -2.15. The highest BCUT2D eigenvalue weighted by Gasteiger charge is 2.45. The van der Waals surface area contributed by atoms with Gasteiger partial charge in [-0.25, -0.2) is 4.79 Å². The molecule has 14 heavy (non-hydrogen) atoms. The van der Waals surface area contributed by atoms with Crippen LogP contribution in [0.4, 0.5) is 0 Å². The molecule has 78 valence electrons. The topological polar surface area (TPSA) is 66.8 Å². The Morgan fingerprint density at radius 3 is 2.64 bits per heavy atom. The van der Waals surface area contributed by atoms with Crippen molar-refractivity contribution in [3.8, 4) is 0 Å². The first-order chi connectivity index (χ1) is 6.58.